The van der Waals surface area contributed by atoms with Gasteiger partial charge in [-0.2, -0.15) is 5.10 Å². The van der Waals surface area contributed by atoms with Gasteiger partial charge < -0.3 is 14.8 Å². The first-order chi connectivity index (χ1) is 9.71. The molecule has 0 aliphatic carbocycles. The van der Waals surface area contributed by atoms with Gasteiger partial charge in [-0.1, -0.05) is 0 Å². The molecule has 0 saturated carbocycles. The van der Waals surface area contributed by atoms with Gasteiger partial charge in [-0.3, -0.25) is 0 Å². The van der Waals surface area contributed by atoms with Crippen LogP contribution in [0.25, 0.3) is 5.65 Å². The van der Waals surface area contributed by atoms with Crippen molar-refractivity contribution in [2.24, 2.45) is 0 Å². The van der Waals surface area contributed by atoms with Crippen molar-refractivity contribution < 1.29 is 9.47 Å². The molecule has 20 heavy (non-hydrogen) atoms. The van der Waals surface area contributed by atoms with Gasteiger partial charge in [0.05, 0.1) is 12.3 Å². The van der Waals surface area contributed by atoms with Gasteiger partial charge in [0.15, 0.2) is 5.65 Å². The standard InChI is InChI=1S/C14H20N4O2/c1-11-5-13-16-7-12(8-18(13)17-11)6-15-9-14(19-2)3-4-20-10-14/h5,7-8,15H,3-4,6,9-10H2,1-2H3. The zero-order valence-corrected chi connectivity index (χ0v) is 11.9. The Morgan fingerprint density at radius 3 is 3.20 bits per heavy atom. The average Bonchev–Trinajstić information content (AvgIpc) is 3.04. The molecule has 6 heteroatoms. The fraction of sp³-hybridized carbons (Fsp3) is 0.571. The number of nitrogens with one attached hydrogen (secondary N) is 1. The normalized spacial score (nSPS) is 22.7. The van der Waals surface area contributed by atoms with Crippen molar-refractivity contribution in [1.82, 2.24) is 19.9 Å². The number of rotatable bonds is 5. The Hall–Kier alpha value is -1.50. The Morgan fingerprint density at radius 2 is 2.45 bits per heavy atom. The second kappa shape index (κ2) is 5.47. The van der Waals surface area contributed by atoms with E-state index >= 15 is 0 Å². The third-order valence-electron chi connectivity index (χ3n) is 3.77. The first-order valence-electron chi connectivity index (χ1n) is 6.85. The molecule has 108 valence electrons. The summed E-state index contributed by atoms with van der Waals surface area (Å²) >= 11 is 0. The molecule has 6 nitrogen and oxygen atoms in total. The van der Waals surface area contributed by atoms with Crippen LogP contribution in [0, 0.1) is 6.92 Å². The van der Waals surface area contributed by atoms with Crippen LogP contribution in [0.1, 0.15) is 17.7 Å². The van der Waals surface area contributed by atoms with Crippen LogP contribution in [0.5, 0.6) is 0 Å². The second-order valence-corrected chi connectivity index (χ2v) is 5.34. The molecule has 1 fully saturated rings. The molecule has 1 atom stereocenters. The molecule has 2 aromatic heterocycles. The van der Waals surface area contributed by atoms with Crippen molar-refractivity contribution in [1.29, 1.82) is 0 Å². The van der Waals surface area contributed by atoms with E-state index in [0.717, 1.165) is 43.0 Å². The topological polar surface area (TPSA) is 60.7 Å². The molecule has 1 unspecified atom stereocenters. The van der Waals surface area contributed by atoms with Gasteiger partial charge in [0.25, 0.3) is 0 Å². The molecule has 0 bridgehead atoms. The molecule has 0 radical (unpaired) electrons. The van der Waals surface area contributed by atoms with E-state index in [0.29, 0.717) is 6.61 Å². The lowest BCUT2D eigenvalue weighted by atomic mass is 10.0. The number of methoxy groups -OCH3 is 1. The first-order valence-corrected chi connectivity index (χ1v) is 6.85. The summed E-state index contributed by atoms with van der Waals surface area (Å²) in [5.74, 6) is 0. The Balaban J connectivity index is 1.62. The predicted octanol–water partition coefficient (Wildman–Crippen LogP) is 0.933. The molecular weight excluding hydrogens is 256 g/mol. The Bertz CT molecular complexity index is 590. The molecule has 0 spiro atoms. The number of aromatic nitrogens is 3. The highest BCUT2D eigenvalue weighted by Gasteiger charge is 2.34. The van der Waals surface area contributed by atoms with Crippen LogP contribution >= 0.6 is 0 Å². The molecule has 0 amide bonds. The van der Waals surface area contributed by atoms with Crippen LogP contribution < -0.4 is 5.32 Å². The summed E-state index contributed by atoms with van der Waals surface area (Å²) in [6.07, 6.45) is 4.83. The smallest absolute Gasteiger partial charge is 0.155 e. The average molecular weight is 276 g/mol. The van der Waals surface area contributed by atoms with Crippen molar-refractivity contribution in [3.8, 4) is 0 Å². The molecule has 2 aromatic rings. The van der Waals surface area contributed by atoms with Crippen LogP contribution in [0.4, 0.5) is 0 Å². The van der Waals surface area contributed by atoms with Crippen LogP contribution in [0.2, 0.25) is 0 Å². The van der Waals surface area contributed by atoms with Crippen molar-refractivity contribution in [3.05, 3.63) is 29.7 Å². The number of hydrogen-bond donors (Lipinski definition) is 1. The van der Waals surface area contributed by atoms with Crippen molar-refractivity contribution in [2.75, 3.05) is 26.9 Å². The van der Waals surface area contributed by atoms with Gasteiger partial charge in [-0.25, -0.2) is 9.50 Å². The lowest BCUT2D eigenvalue weighted by Gasteiger charge is -2.26. The maximum absolute atomic E-state index is 5.59. The van der Waals surface area contributed by atoms with Crippen LogP contribution in [-0.4, -0.2) is 47.1 Å². The van der Waals surface area contributed by atoms with Crippen molar-refractivity contribution >= 4 is 5.65 Å². The summed E-state index contributed by atoms with van der Waals surface area (Å²) in [4.78, 5) is 4.39. The minimum atomic E-state index is -0.181. The van der Waals surface area contributed by atoms with Gasteiger partial charge in [-0.05, 0) is 6.92 Å². The third-order valence-corrected chi connectivity index (χ3v) is 3.77. The van der Waals surface area contributed by atoms with E-state index in [-0.39, 0.29) is 5.60 Å². The molecule has 1 aliphatic heterocycles. The molecule has 1 aliphatic rings. The quantitative estimate of drug-likeness (QED) is 0.880. The van der Waals surface area contributed by atoms with Gasteiger partial charge in [0, 0.05) is 57.3 Å². The molecule has 1 N–H and O–H groups in total. The summed E-state index contributed by atoms with van der Waals surface area (Å²) in [6, 6.07) is 1.97. The lowest BCUT2D eigenvalue weighted by molar-refractivity contribution is -0.0159. The van der Waals surface area contributed by atoms with E-state index in [1.54, 1.807) is 7.11 Å². The third kappa shape index (κ3) is 2.67. The summed E-state index contributed by atoms with van der Waals surface area (Å²) in [7, 11) is 1.75. The van der Waals surface area contributed by atoms with E-state index in [4.69, 9.17) is 9.47 Å². The zero-order valence-electron chi connectivity index (χ0n) is 11.9. The summed E-state index contributed by atoms with van der Waals surface area (Å²) < 4.78 is 12.8. The van der Waals surface area contributed by atoms with Gasteiger partial charge in [-0.15, -0.1) is 0 Å². The molecule has 3 heterocycles. The zero-order chi connectivity index (χ0) is 14.0. The van der Waals surface area contributed by atoms with Gasteiger partial charge in [0.2, 0.25) is 0 Å². The fourth-order valence-electron chi connectivity index (χ4n) is 2.52. The number of nitrogens with zero attached hydrogens (tertiary/aromatic N) is 3. The molecular formula is C14H20N4O2. The Morgan fingerprint density at radius 1 is 1.55 bits per heavy atom. The van der Waals surface area contributed by atoms with Crippen molar-refractivity contribution in [3.63, 3.8) is 0 Å². The maximum atomic E-state index is 5.59. The van der Waals surface area contributed by atoms with E-state index in [9.17, 15) is 0 Å². The summed E-state index contributed by atoms with van der Waals surface area (Å²) in [6.45, 7) is 4.92. The van der Waals surface area contributed by atoms with Crippen LogP contribution in [0.15, 0.2) is 18.5 Å². The molecule has 3 rings (SSSR count). The Labute approximate surface area is 118 Å². The highest BCUT2D eigenvalue weighted by Crippen LogP contribution is 2.21. The van der Waals surface area contributed by atoms with E-state index < -0.39 is 0 Å². The summed E-state index contributed by atoms with van der Waals surface area (Å²) in [5, 5.41) is 7.79. The van der Waals surface area contributed by atoms with Gasteiger partial charge >= 0.3 is 0 Å². The number of fused-ring (bicyclic) bond motifs is 1. The minimum Gasteiger partial charge on any atom is -0.378 e. The SMILES string of the molecule is COC1(CNCc2cnc3cc(C)nn3c2)CCOC1. The molecule has 1 saturated heterocycles. The Kier molecular flexibility index (Phi) is 3.69. The maximum Gasteiger partial charge on any atom is 0.155 e. The highest BCUT2D eigenvalue weighted by molar-refractivity contribution is 5.38. The predicted molar refractivity (Wildman–Crippen MR) is 74.6 cm³/mol. The van der Waals surface area contributed by atoms with E-state index in [1.807, 2.05) is 29.9 Å². The van der Waals surface area contributed by atoms with Crippen molar-refractivity contribution in [2.45, 2.75) is 25.5 Å². The van der Waals surface area contributed by atoms with Crippen LogP contribution in [0.3, 0.4) is 0 Å². The van der Waals surface area contributed by atoms with Gasteiger partial charge in [0.1, 0.15) is 5.60 Å². The van der Waals surface area contributed by atoms with Crippen LogP contribution in [-0.2, 0) is 16.0 Å². The largest absolute Gasteiger partial charge is 0.378 e. The molecule has 0 aromatic carbocycles. The minimum absolute atomic E-state index is 0.181. The number of aryl methyl sites for hydroxylation is 1. The number of hydrogen-bond acceptors (Lipinski definition) is 5. The van der Waals surface area contributed by atoms with E-state index in [1.165, 1.54) is 0 Å². The fourth-order valence-corrected chi connectivity index (χ4v) is 2.52. The first kappa shape index (κ1) is 13.5. The monoisotopic (exact) mass is 276 g/mol. The highest BCUT2D eigenvalue weighted by atomic mass is 16.5. The second-order valence-electron chi connectivity index (χ2n) is 5.34. The summed E-state index contributed by atoms with van der Waals surface area (Å²) in [5.41, 5.74) is 2.78. The number of ether oxygens (including phenoxy) is 2. The lowest BCUT2D eigenvalue weighted by Crippen LogP contribution is -2.42. The van der Waals surface area contributed by atoms with E-state index in [2.05, 4.69) is 15.4 Å².